The number of sulfonamides is 1. The fraction of sp³-hybridized carbons (Fsp3) is 0.615. The van der Waals surface area contributed by atoms with E-state index in [1.807, 2.05) is 26.0 Å². The third-order valence-corrected chi connectivity index (χ3v) is 5.41. The molecule has 0 aliphatic carbocycles. The Morgan fingerprint density at radius 1 is 1.37 bits per heavy atom. The van der Waals surface area contributed by atoms with E-state index in [2.05, 4.69) is 10.3 Å². The Morgan fingerprint density at radius 2 is 2.05 bits per heavy atom. The lowest BCUT2D eigenvalue weighted by Gasteiger charge is -2.36. The summed E-state index contributed by atoms with van der Waals surface area (Å²) in [5.74, 6) is 0.161. The fourth-order valence-corrected chi connectivity index (χ4v) is 4.09. The van der Waals surface area contributed by atoms with Gasteiger partial charge in [-0.2, -0.15) is 4.31 Å². The number of aryl methyl sites for hydroxylation is 1. The van der Waals surface area contributed by atoms with Gasteiger partial charge >= 0.3 is 0 Å². The molecule has 0 amide bonds. The van der Waals surface area contributed by atoms with Crippen molar-refractivity contribution in [3.05, 3.63) is 30.1 Å². The maximum absolute atomic E-state index is 12.4. The quantitative estimate of drug-likeness (QED) is 0.880. The van der Waals surface area contributed by atoms with Crippen molar-refractivity contribution in [2.24, 2.45) is 0 Å². The van der Waals surface area contributed by atoms with Crippen LogP contribution in [0.2, 0.25) is 0 Å². The molecule has 2 atom stereocenters. The summed E-state index contributed by atoms with van der Waals surface area (Å²) in [5.41, 5.74) is 1.01. The number of aromatic nitrogens is 1. The second-order valence-electron chi connectivity index (χ2n) is 5.15. The molecule has 1 aliphatic rings. The topological polar surface area (TPSA) is 62.3 Å². The van der Waals surface area contributed by atoms with Crippen LogP contribution in [0.15, 0.2) is 24.5 Å². The first kappa shape index (κ1) is 14.4. The first-order chi connectivity index (χ1) is 8.99. The highest BCUT2D eigenvalue weighted by molar-refractivity contribution is 7.89. The summed E-state index contributed by atoms with van der Waals surface area (Å²) < 4.78 is 26.4. The average Bonchev–Trinajstić information content (AvgIpc) is 2.40. The molecule has 1 saturated heterocycles. The average molecular weight is 283 g/mol. The van der Waals surface area contributed by atoms with Gasteiger partial charge in [-0.1, -0.05) is 0 Å². The molecule has 1 aromatic rings. The van der Waals surface area contributed by atoms with Crippen molar-refractivity contribution in [3.63, 3.8) is 0 Å². The minimum Gasteiger partial charge on any atom is -0.311 e. The normalized spacial score (nSPS) is 25.4. The van der Waals surface area contributed by atoms with Crippen LogP contribution in [0.4, 0.5) is 0 Å². The molecule has 2 heterocycles. The van der Waals surface area contributed by atoms with Gasteiger partial charge in [0.15, 0.2) is 0 Å². The Morgan fingerprint density at radius 3 is 2.74 bits per heavy atom. The number of rotatable bonds is 4. The third kappa shape index (κ3) is 3.75. The van der Waals surface area contributed by atoms with Crippen LogP contribution in [0.25, 0.3) is 0 Å². The van der Waals surface area contributed by atoms with Crippen molar-refractivity contribution in [3.8, 4) is 0 Å². The molecule has 2 unspecified atom stereocenters. The van der Waals surface area contributed by atoms with Gasteiger partial charge in [-0.15, -0.1) is 0 Å². The van der Waals surface area contributed by atoms with Gasteiger partial charge in [0, 0.05) is 37.6 Å². The molecule has 1 aliphatic heterocycles. The Bertz CT molecular complexity index is 504. The van der Waals surface area contributed by atoms with Crippen molar-refractivity contribution >= 4 is 10.0 Å². The predicted octanol–water partition coefficient (Wildman–Crippen LogP) is 0.636. The number of nitrogens with one attached hydrogen (secondary N) is 1. The molecule has 2 rings (SSSR count). The summed E-state index contributed by atoms with van der Waals surface area (Å²) in [6, 6.07) is 3.96. The van der Waals surface area contributed by atoms with Crippen molar-refractivity contribution < 1.29 is 8.42 Å². The molecular weight excluding hydrogens is 262 g/mol. The molecule has 1 fully saturated rings. The van der Waals surface area contributed by atoms with Crippen LogP contribution in [0.5, 0.6) is 0 Å². The van der Waals surface area contributed by atoms with Gasteiger partial charge in [-0.05, 0) is 38.0 Å². The number of piperazine rings is 1. The first-order valence-electron chi connectivity index (χ1n) is 6.61. The van der Waals surface area contributed by atoms with Crippen LogP contribution in [0, 0.1) is 0 Å². The SMILES string of the molecule is CC1CN(S(=O)(=O)CCc2ccncc2)C(C)CN1. The van der Waals surface area contributed by atoms with Crippen molar-refractivity contribution in [2.45, 2.75) is 32.4 Å². The number of hydrogen-bond donors (Lipinski definition) is 1. The van der Waals surface area contributed by atoms with Crippen molar-refractivity contribution in [1.82, 2.24) is 14.6 Å². The van der Waals surface area contributed by atoms with E-state index >= 15 is 0 Å². The Balaban J connectivity index is 2.01. The van der Waals surface area contributed by atoms with Crippen LogP contribution in [-0.4, -0.2) is 48.6 Å². The molecule has 6 heteroatoms. The maximum Gasteiger partial charge on any atom is 0.214 e. The number of hydrogen-bond acceptors (Lipinski definition) is 4. The van der Waals surface area contributed by atoms with Crippen molar-refractivity contribution in [1.29, 1.82) is 0 Å². The van der Waals surface area contributed by atoms with Crippen LogP contribution < -0.4 is 5.32 Å². The number of pyridine rings is 1. The maximum atomic E-state index is 12.4. The van der Waals surface area contributed by atoms with E-state index in [1.54, 1.807) is 16.7 Å². The van der Waals surface area contributed by atoms with E-state index < -0.39 is 10.0 Å². The summed E-state index contributed by atoms with van der Waals surface area (Å²) in [4.78, 5) is 3.93. The highest BCUT2D eigenvalue weighted by Gasteiger charge is 2.31. The monoisotopic (exact) mass is 283 g/mol. The lowest BCUT2D eigenvalue weighted by atomic mass is 10.2. The minimum absolute atomic E-state index is 0.0265. The molecule has 0 saturated carbocycles. The minimum atomic E-state index is -3.19. The standard InChI is InChI=1S/C13H21N3O2S/c1-11-10-16(12(2)9-15-11)19(17,18)8-5-13-3-6-14-7-4-13/h3-4,6-7,11-12,15H,5,8-10H2,1-2H3. The van der Waals surface area contributed by atoms with Gasteiger partial charge < -0.3 is 5.32 Å². The molecule has 0 radical (unpaired) electrons. The fourth-order valence-electron chi connectivity index (χ4n) is 2.29. The van der Waals surface area contributed by atoms with Gasteiger partial charge in [0.25, 0.3) is 0 Å². The first-order valence-corrected chi connectivity index (χ1v) is 8.22. The lowest BCUT2D eigenvalue weighted by Crippen LogP contribution is -2.56. The predicted molar refractivity (Wildman–Crippen MR) is 75.4 cm³/mol. The molecule has 0 spiro atoms. The molecule has 5 nitrogen and oxygen atoms in total. The Labute approximate surface area is 115 Å². The van der Waals surface area contributed by atoms with E-state index in [-0.39, 0.29) is 17.8 Å². The number of nitrogens with zero attached hydrogens (tertiary/aromatic N) is 2. The van der Waals surface area contributed by atoms with E-state index in [0.29, 0.717) is 13.0 Å². The third-order valence-electron chi connectivity index (χ3n) is 3.46. The zero-order chi connectivity index (χ0) is 13.9. The summed E-state index contributed by atoms with van der Waals surface area (Å²) >= 11 is 0. The zero-order valence-corrected chi connectivity index (χ0v) is 12.2. The Kier molecular flexibility index (Phi) is 4.54. The van der Waals surface area contributed by atoms with E-state index in [1.165, 1.54) is 0 Å². The van der Waals surface area contributed by atoms with Gasteiger partial charge in [-0.25, -0.2) is 8.42 Å². The Hall–Kier alpha value is -0.980. The van der Waals surface area contributed by atoms with Crippen LogP contribution in [0.3, 0.4) is 0 Å². The molecule has 0 aromatic carbocycles. The molecule has 0 bridgehead atoms. The molecule has 1 aromatic heterocycles. The largest absolute Gasteiger partial charge is 0.311 e. The summed E-state index contributed by atoms with van der Waals surface area (Å²) in [6.07, 6.45) is 3.92. The van der Waals surface area contributed by atoms with E-state index in [9.17, 15) is 8.42 Å². The molecule has 1 N–H and O–H groups in total. The van der Waals surface area contributed by atoms with Gasteiger partial charge in [-0.3, -0.25) is 4.98 Å². The molecule has 19 heavy (non-hydrogen) atoms. The van der Waals surface area contributed by atoms with Crippen LogP contribution in [0.1, 0.15) is 19.4 Å². The van der Waals surface area contributed by atoms with Crippen molar-refractivity contribution in [2.75, 3.05) is 18.8 Å². The summed E-state index contributed by atoms with van der Waals surface area (Å²) in [7, 11) is -3.19. The molecular formula is C13H21N3O2S. The second-order valence-corrected chi connectivity index (χ2v) is 7.19. The van der Waals surface area contributed by atoms with Crippen LogP contribution >= 0.6 is 0 Å². The van der Waals surface area contributed by atoms with E-state index in [0.717, 1.165) is 12.1 Å². The van der Waals surface area contributed by atoms with Crippen LogP contribution in [-0.2, 0) is 16.4 Å². The van der Waals surface area contributed by atoms with Gasteiger partial charge in [0.05, 0.1) is 5.75 Å². The zero-order valence-electron chi connectivity index (χ0n) is 11.4. The summed E-state index contributed by atoms with van der Waals surface area (Å²) in [5, 5.41) is 3.29. The smallest absolute Gasteiger partial charge is 0.214 e. The van der Waals surface area contributed by atoms with E-state index in [4.69, 9.17) is 0 Å². The highest BCUT2D eigenvalue weighted by atomic mass is 32.2. The lowest BCUT2D eigenvalue weighted by molar-refractivity contribution is 0.245. The molecule has 106 valence electrons. The highest BCUT2D eigenvalue weighted by Crippen LogP contribution is 2.14. The van der Waals surface area contributed by atoms with Gasteiger partial charge in [0.2, 0.25) is 10.0 Å². The second kappa shape index (κ2) is 5.98. The summed E-state index contributed by atoms with van der Waals surface area (Å²) in [6.45, 7) is 5.23. The van der Waals surface area contributed by atoms with Gasteiger partial charge in [0.1, 0.15) is 0 Å².